The number of amides is 1. The van der Waals surface area contributed by atoms with Gasteiger partial charge in [0.15, 0.2) is 0 Å². The molecule has 2 heterocycles. The molecular formula is C23H28N4OS. The normalized spacial score (nSPS) is 17.7. The summed E-state index contributed by atoms with van der Waals surface area (Å²) in [7, 11) is 0. The first-order valence-corrected chi connectivity index (χ1v) is 11.0. The van der Waals surface area contributed by atoms with E-state index in [-0.39, 0.29) is 17.4 Å². The highest BCUT2D eigenvalue weighted by Gasteiger charge is 2.36. The molecule has 0 saturated carbocycles. The van der Waals surface area contributed by atoms with Gasteiger partial charge in [-0.25, -0.2) is 9.67 Å². The number of para-hydroxylation sites is 1. The van der Waals surface area contributed by atoms with E-state index in [9.17, 15) is 4.79 Å². The molecule has 0 unspecified atom stereocenters. The van der Waals surface area contributed by atoms with E-state index in [2.05, 4.69) is 47.9 Å². The Kier molecular flexibility index (Phi) is 5.30. The van der Waals surface area contributed by atoms with Gasteiger partial charge < -0.3 is 5.32 Å². The van der Waals surface area contributed by atoms with Gasteiger partial charge in [-0.15, -0.1) is 11.3 Å². The largest absolute Gasteiger partial charge is 0.349 e. The Morgan fingerprint density at radius 3 is 2.83 bits per heavy atom. The van der Waals surface area contributed by atoms with Gasteiger partial charge in [-0.05, 0) is 50.2 Å². The topological polar surface area (TPSA) is 59.8 Å². The van der Waals surface area contributed by atoms with Crippen LogP contribution in [0.15, 0.2) is 36.0 Å². The van der Waals surface area contributed by atoms with Crippen molar-refractivity contribution in [3.63, 3.8) is 0 Å². The molecule has 6 heteroatoms. The van der Waals surface area contributed by atoms with Gasteiger partial charge in [-0.1, -0.05) is 32.0 Å². The molecule has 0 saturated heterocycles. The molecule has 1 amide bonds. The molecule has 1 N–H and O–H groups in total. The highest BCUT2D eigenvalue weighted by Crippen LogP contribution is 2.41. The Bertz CT molecular complexity index is 1030. The lowest BCUT2D eigenvalue weighted by molar-refractivity contribution is -0.122. The SMILES string of the molecule is Cc1ccccc1-n1ncc2c1CC(C)(C)C[C@@H]2NC(=O)CCc1scnc1C. The van der Waals surface area contributed by atoms with Crippen LogP contribution in [0.25, 0.3) is 5.69 Å². The van der Waals surface area contributed by atoms with Gasteiger partial charge in [0.05, 0.1) is 34.8 Å². The van der Waals surface area contributed by atoms with Gasteiger partial charge in [0.25, 0.3) is 0 Å². The van der Waals surface area contributed by atoms with Gasteiger partial charge in [0.1, 0.15) is 0 Å². The molecule has 1 aliphatic carbocycles. The Labute approximate surface area is 176 Å². The first kappa shape index (κ1) is 19.8. The Morgan fingerprint density at radius 2 is 2.10 bits per heavy atom. The van der Waals surface area contributed by atoms with Crippen LogP contribution in [0, 0.1) is 19.3 Å². The lowest BCUT2D eigenvalue weighted by Gasteiger charge is -2.36. The van der Waals surface area contributed by atoms with Crippen LogP contribution in [-0.2, 0) is 17.6 Å². The molecule has 4 rings (SSSR count). The number of aryl methyl sites for hydroxylation is 3. The smallest absolute Gasteiger partial charge is 0.220 e. The molecule has 3 aromatic rings. The Balaban J connectivity index is 1.56. The maximum atomic E-state index is 12.7. The molecule has 5 nitrogen and oxygen atoms in total. The maximum Gasteiger partial charge on any atom is 0.220 e. The highest BCUT2D eigenvalue weighted by atomic mass is 32.1. The van der Waals surface area contributed by atoms with Crippen LogP contribution in [0.2, 0.25) is 0 Å². The summed E-state index contributed by atoms with van der Waals surface area (Å²) in [6.45, 7) is 8.65. The fourth-order valence-corrected chi connectivity index (χ4v) is 5.02. The zero-order valence-corrected chi connectivity index (χ0v) is 18.3. The van der Waals surface area contributed by atoms with Crippen molar-refractivity contribution in [2.75, 3.05) is 0 Å². The molecule has 0 aliphatic heterocycles. The second kappa shape index (κ2) is 7.75. The van der Waals surface area contributed by atoms with Crippen LogP contribution in [0.4, 0.5) is 0 Å². The minimum Gasteiger partial charge on any atom is -0.349 e. The van der Waals surface area contributed by atoms with Crippen molar-refractivity contribution in [3.8, 4) is 5.69 Å². The van der Waals surface area contributed by atoms with Crippen LogP contribution in [0.1, 0.15) is 60.1 Å². The van der Waals surface area contributed by atoms with Gasteiger partial charge in [0.2, 0.25) is 5.91 Å². The third-order valence-corrected chi connectivity index (χ3v) is 6.78. The summed E-state index contributed by atoms with van der Waals surface area (Å²) in [5.74, 6) is 0.0927. The molecule has 0 bridgehead atoms. The lowest BCUT2D eigenvalue weighted by Crippen LogP contribution is -2.36. The summed E-state index contributed by atoms with van der Waals surface area (Å²) in [6, 6.07) is 8.31. The third kappa shape index (κ3) is 4.13. The van der Waals surface area contributed by atoms with E-state index in [0.717, 1.165) is 36.2 Å². The summed E-state index contributed by atoms with van der Waals surface area (Å²) < 4.78 is 2.06. The van der Waals surface area contributed by atoms with Crippen molar-refractivity contribution >= 4 is 17.2 Å². The number of rotatable bonds is 5. The minimum atomic E-state index is 0.00146. The number of fused-ring (bicyclic) bond motifs is 1. The van der Waals surface area contributed by atoms with Crippen LogP contribution in [0.5, 0.6) is 0 Å². The number of thiazole rings is 1. The quantitative estimate of drug-likeness (QED) is 0.665. The van der Waals surface area contributed by atoms with Crippen LogP contribution < -0.4 is 5.32 Å². The fraction of sp³-hybridized carbons (Fsp3) is 0.435. The van der Waals surface area contributed by atoms with Crippen molar-refractivity contribution in [1.82, 2.24) is 20.1 Å². The average Bonchev–Trinajstić information content (AvgIpc) is 3.25. The lowest BCUT2D eigenvalue weighted by atomic mass is 9.74. The average molecular weight is 409 g/mol. The van der Waals surface area contributed by atoms with Crippen LogP contribution in [0.3, 0.4) is 0 Å². The van der Waals surface area contributed by atoms with Gasteiger partial charge in [0, 0.05) is 16.9 Å². The van der Waals surface area contributed by atoms with Gasteiger partial charge in [-0.2, -0.15) is 5.10 Å². The summed E-state index contributed by atoms with van der Waals surface area (Å²) in [5, 5.41) is 7.99. The minimum absolute atomic E-state index is 0.00146. The number of hydrogen-bond acceptors (Lipinski definition) is 4. The molecule has 0 fully saturated rings. The second-order valence-corrected chi connectivity index (χ2v) is 9.71. The van der Waals surface area contributed by atoms with Crippen LogP contribution in [-0.4, -0.2) is 20.7 Å². The highest BCUT2D eigenvalue weighted by molar-refractivity contribution is 7.09. The zero-order valence-electron chi connectivity index (χ0n) is 17.5. The Hall–Kier alpha value is -2.47. The van der Waals surface area contributed by atoms with Crippen molar-refractivity contribution in [3.05, 3.63) is 63.4 Å². The van der Waals surface area contributed by atoms with Crippen LogP contribution >= 0.6 is 11.3 Å². The number of aromatic nitrogens is 3. The molecule has 0 radical (unpaired) electrons. The van der Waals surface area contributed by atoms with Crippen molar-refractivity contribution in [1.29, 1.82) is 0 Å². The number of nitrogens with one attached hydrogen (secondary N) is 1. The molecule has 1 atom stereocenters. The molecule has 1 aliphatic rings. The standard InChI is InChI=1S/C23H28N4OS/c1-15-7-5-6-8-19(15)27-20-12-23(3,4)11-18(17(20)13-25-27)26-22(28)10-9-21-16(2)24-14-29-21/h5-8,13-14,18H,9-12H2,1-4H3,(H,26,28)/t18-/m0/s1. The maximum absolute atomic E-state index is 12.7. The van der Waals surface area contributed by atoms with E-state index in [1.54, 1.807) is 11.3 Å². The number of carbonyl (C=O) groups is 1. The first-order valence-electron chi connectivity index (χ1n) is 10.2. The summed E-state index contributed by atoms with van der Waals surface area (Å²) in [5.41, 5.74) is 7.63. The predicted molar refractivity (Wildman–Crippen MR) is 116 cm³/mol. The first-order chi connectivity index (χ1) is 13.8. The fourth-order valence-electron chi connectivity index (χ4n) is 4.24. The Morgan fingerprint density at radius 1 is 1.31 bits per heavy atom. The van der Waals surface area contributed by atoms with E-state index >= 15 is 0 Å². The van der Waals surface area contributed by atoms with E-state index in [4.69, 9.17) is 5.10 Å². The van der Waals surface area contributed by atoms with E-state index in [0.29, 0.717) is 6.42 Å². The molecule has 152 valence electrons. The molecule has 1 aromatic carbocycles. The van der Waals surface area contributed by atoms with Crippen molar-refractivity contribution in [2.45, 2.75) is 59.4 Å². The van der Waals surface area contributed by atoms with E-state index in [1.807, 2.05) is 30.8 Å². The molecule has 0 spiro atoms. The molecular weight excluding hydrogens is 380 g/mol. The summed E-state index contributed by atoms with van der Waals surface area (Å²) in [4.78, 5) is 18.2. The predicted octanol–water partition coefficient (Wildman–Crippen LogP) is 4.71. The van der Waals surface area contributed by atoms with Crippen molar-refractivity contribution < 1.29 is 4.79 Å². The summed E-state index contributed by atoms with van der Waals surface area (Å²) >= 11 is 1.62. The van der Waals surface area contributed by atoms with Gasteiger partial charge in [-0.3, -0.25) is 4.79 Å². The monoisotopic (exact) mass is 408 g/mol. The van der Waals surface area contributed by atoms with E-state index < -0.39 is 0 Å². The van der Waals surface area contributed by atoms with Gasteiger partial charge >= 0.3 is 0 Å². The van der Waals surface area contributed by atoms with Crippen molar-refractivity contribution in [2.24, 2.45) is 5.41 Å². The third-order valence-electron chi connectivity index (χ3n) is 5.78. The molecule has 29 heavy (non-hydrogen) atoms. The molecule has 2 aromatic heterocycles. The number of benzene rings is 1. The van der Waals surface area contributed by atoms with E-state index in [1.165, 1.54) is 16.1 Å². The zero-order chi connectivity index (χ0) is 20.6. The second-order valence-electron chi connectivity index (χ2n) is 8.77. The number of hydrogen-bond donors (Lipinski definition) is 1. The number of carbonyl (C=O) groups excluding carboxylic acids is 1. The summed E-state index contributed by atoms with van der Waals surface area (Å²) in [6.07, 6.45) is 5.04. The number of nitrogens with zero attached hydrogens (tertiary/aromatic N) is 3.